The number of nitrogens with two attached hydrogens (primary N) is 1. The van der Waals surface area contributed by atoms with Crippen LogP contribution in [0.4, 0.5) is 5.00 Å². The summed E-state index contributed by atoms with van der Waals surface area (Å²) in [6.07, 6.45) is 1.69. The first kappa shape index (κ1) is 7.50. The molecule has 1 aromatic heterocycles. The molecule has 0 aromatic carbocycles. The van der Waals surface area contributed by atoms with Gasteiger partial charge >= 0.3 is 0 Å². The van der Waals surface area contributed by atoms with Crippen molar-refractivity contribution in [1.82, 2.24) is 10.3 Å². The lowest BCUT2D eigenvalue weighted by molar-refractivity contribution is 0.722. The second-order valence-electron chi connectivity index (χ2n) is 1.94. The van der Waals surface area contributed by atoms with E-state index in [2.05, 4.69) is 17.2 Å². The first-order valence-electron chi connectivity index (χ1n) is 3.24. The van der Waals surface area contributed by atoms with E-state index in [1.54, 1.807) is 6.20 Å². The van der Waals surface area contributed by atoms with Crippen LogP contribution in [-0.2, 0) is 6.54 Å². The van der Waals surface area contributed by atoms with E-state index < -0.39 is 0 Å². The molecule has 0 saturated heterocycles. The number of hydrogen-bond acceptors (Lipinski definition) is 4. The monoisotopic (exact) mass is 157 g/mol. The molecule has 0 aliphatic rings. The predicted molar refractivity (Wildman–Crippen MR) is 43.9 cm³/mol. The third-order valence-electron chi connectivity index (χ3n) is 1.10. The highest BCUT2D eigenvalue weighted by Gasteiger charge is 1.95. The summed E-state index contributed by atoms with van der Waals surface area (Å²) in [4.78, 5) is 4.08. The van der Waals surface area contributed by atoms with Crippen LogP contribution in [0.25, 0.3) is 0 Å². The van der Waals surface area contributed by atoms with Gasteiger partial charge in [-0.3, -0.25) is 0 Å². The fourth-order valence-corrected chi connectivity index (χ4v) is 1.30. The normalized spacial score (nSPS) is 10.1. The Morgan fingerprint density at radius 1 is 1.80 bits per heavy atom. The molecular formula is C6H11N3S. The van der Waals surface area contributed by atoms with Crippen molar-refractivity contribution in [3.63, 3.8) is 0 Å². The average molecular weight is 157 g/mol. The van der Waals surface area contributed by atoms with Gasteiger partial charge in [0.05, 0.1) is 6.20 Å². The first-order chi connectivity index (χ1) is 4.83. The van der Waals surface area contributed by atoms with Gasteiger partial charge in [0.2, 0.25) is 0 Å². The van der Waals surface area contributed by atoms with Crippen molar-refractivity contribution in [3.8, 4) is 0 Å². The lowest BCUT2D eigenvalue weighted by Gasteiger charge is -1.93. The zero-order valence-electron chi connectivity index (χ0n) is 5.92. The standard InChI is InChI=1S/C6H11N3S/c1-2-8-4-6-9-3-5(7)10-6/h3,8H,2,4,7H2,1H3. The molecule has 0 atom stereocenters. The van der Waals surface area contributed by atoms with Crippen molar-refractivity contribution in [2.75, 3.05) is 12.3 Å². The number of hydrogen-bond donors (Lipinski definition) is 2. The second-order valence-corrected chi connectivity index (χ2v) is 3.08. The number of aromatic nitrogens is 1. The Morgan fingerprint density at radius 2 is 2.60 bits per heavy atom. The largest absolute Gasteiger partial charge is 0.389 e. The van der Waals surface area contributed by atoms with Crippen LogP contribution in [0.15, 0.2) is 6.20 Å². The molecule has 0 aliphatic heterocycles. The number of nitrogens with one attached hydrogen (secondary N) is 1. The summed E-state index contributed by atoms with van der Waals surface area (Å²) >= 11 is 1.53. The fraction of sp³-hybridized carbons (Fsp3) is 0.500. The van der Waals surface area contributed by atoms with Gasteiger partial charge in [0.25, 0.3) is 0 Å². The molecule has 4 heteroatoms. The Labute approximate surface area is 64.3 Å². The smallest absolute Gasteiger partial charge is 0.108 e. The van der Waals surface area contributed by atoms with Crippen molar-refractivity contribution in [1.29, 1.82) is 0 Å². The number of nitrogens with zero attached hydrogens (tertiary/aromatic N) is 1. The molecule has 0 spiro atoms. The van der Waals surface area contributed by atoms with Crippen LogP contribution < -0.4 is 11.1 Å². The maximum Gasteiger partial charge on any atom is 0.108 e. The molecule has 10 heavy (non-hydrogen) atoms. The van der Waals surface area contributed by atoms with Gasteiger partial charge in [0.15, 0.2) is 0 Å². The number of thiazole rings is 1. The van der Waals surface area contributed by atoms with Crippen LogP contribution in [0.5, 0.6) is 0 Å². The highest BCUT2D eigenvalue weighted by Crippen LogP contribution is 2.13. The van der Waals surface area contributed by atoms with Gasteiger partial charge < -0.3 is 11.1 Å². The van der Waals surface area contributed by atoms with Crippen molar-refractivity contribution in [2.45, 2.75) is 13.5 Å². The molecule has 1 rings (SSSR count). The third-order valence-corrected chi connectivity index (χ3v) is 1.92. The van der Waals surface area contributed by atoms with Gasteiger partial charge in [0, 0.05) is 6.54 Å². The zero-order valence-corrected chi connectivity index (χ0v) is 6.74. The van der Waals surface area contributed by atoms with Gasteiger partial charge in [-0.1, -0.05) is 6.92 Å². The van der Waals surface area contributed by atoms with Crippen LogP contribution in [0, 0.1) is 0 Å². The molecule has 56 valence electrons. The third kappa shape index (κ3) is 1.97. The quantitative estimate of drug-likeness (QED) is 0.683. The van der Waals surface area contributed by atoms with E-state index >= 15 is 0 Å². The first-order valence-corrected chi connectivity index (χ1v) is 4.05. The van der Waals surface area contributed by atoms with Crippen LogP contribution in [0.2, 0.25) is 0 Å². The molecule has 0 unspecified atom stereocenters. The summed E-state index contributed by atoms with van der Waals surface area (Å²) in [6.45, 7) is 3.87. The summed E-state index contributed by atoms with van der Waals surface area (Å²) in [5.41, 5.74) is 5.48. The summed E-state index contributed by atoms with van der Waals surface area (Å²) in [7, 11) is 0. The van der Waals surface area contributed by atoms with Gasteiger partial charge in [-0.15, -0.1) is 11.3 Å². The molecule has 0 fully saturated rings. The molecule has 0 aliphatic carbocycles. The van der Waals surface area contributed by atoms with Crippen LogP contribution in [0.1, 0.15) is 11.9 Å². The average Bonchev–Trinajstić information content (AvgIpc) is 2.31. The van der Waals surface area contributed by atoms with Crippen LogP contribution in [0.3, 0.4) is 0 Å². The summed E-state index contributed by atoms with van der Waals surface area (Å²) in [5, 5.41) is 5.01. The second kappa shape index (κ2) is 3.53. The fourth-order valence-electron chi connectivity index (χ4n) is 0.638. The minimum absolute atomic E-state index is 0.785. The molecule has 1 heterocycles. The van der Waals surface area contributed by atoms with Crippen molar-refractivity contribution in [3.05, 3.63) is 11.2 Å². The lowest BCUT2D eigenvalue weighted by Crippen LogP contribution is -2.11. The summed E-state index contributed by atoms with van der Waals surface area (Å²) in [5.74, 6) is 0. The molecule has 0 saturated carbocycles. The SMILES string of the molecule is CCNCc1ncc(N)s1. The molecule has 3 nitrogen and oxygen atoms in total. The number of nitrogen functional groups attached to an aromatic ring is 1. The van der Waals surface area contributed by atoms with Gasteiger partial charge in [-0.2, -0.15) is 0 Å². The van der Waals surface area contributed by atoms with Crippen molar-refractivity contribution >= 4 is 16.3 Å². The zero-order chi connectivity index (χ0) is 7.40. The van der Waals surface area contributed by atoms with E-state index in [0.29, 0.717) is 0 Å². The minimum Gasteiger partial charge on any atom is -0.389 e. The molecule has 0 radical (unpaired) electrons. The lowest BCUT2D eigenvalue weighted by atomic mass is 10.6. The molecule has 1 aromatic rings. The van der Waals surface area contributed by atoms with E-state index in [1.165, 1.54) is 11.3 Å². The van der Waals surface area contributed by atoms with Gasteiger partial charge in [-0.25, -0.2) is 4.98 Å². The Balaban J connectivity index is 2.42. The summed E-state index contributed by atoms with van der Waals surface area (Å²) in [6, 6.07) is 0. The van der Waals surface area contributed by atoms with E-state index in [9.17, 15) is 0 Å². The van der Waals surface area contributed by atoms with E-state index in [4.69, 9.17) is 5.73 Å². The summed E-state index contributed by atoms with van der Waals surface area (Å²) < 4.78 is 0. The Bertz CT molecular complexity index is 197. The molecular weight excluding hydrogens is 146 g/mol. The van der Waals surface area contributed by atoms with Gasteiger partial charge in [0.1, 0.15) is 10.0 Å². The maximum atomic E-state index is 5.48. The molecule has 3 N–H and O–H groups in total. The van der Waals surface area contributed by atoms with Crippen LogP contribution >= 0.6 is 11.3 Å². The van der Waals surface area contributed by atoms with E-state index in [0.717, 1.165) is 23.1 Å². The highest BCUT2D eigenvalue weighted by molar-refractivity contribution is 7.15. The van der Waals surface area contributed by atoms with Crippen molar-refractivity contribution < 1.29 is 0 Å². The predicted octanol–water partition coefficient (Wildman–Crippen LogP) is 0.835. The van der Waals surface area contributed by atoms with E-state index in [1.807, 2.05) is 0 Å². The topological polar surface area (TPSA) is 50.9 Å². The number of anilines is 1. The van der Waals surface area contributed by atoms with Gasteiger partial charge in [-0.05, 0) is 6.54 Å². The Kier molecular flexibility index (Phi) is 2.65. The van der Waals surface area contributed by atoms with Crippen LogP contribution in [-0.4, -0.2) is 11.5 Å². The number of rotatable bonds is 3. The molecule has 0 amide bonds. The Morgan fingerprint density at radius 3 is 3.10 bits per heavy atom. The maximum absolute atomic E-state index is 5.48. The van der Waals surface area contributed by atoms with E-state index in [-0.39, 0.29) is 0 Å². The molecule has 0 bridgehead atoms. The highest BCUT2D eigenvalue weighted by atomic mass is 32.1. The Hall–Kier alpha value is -0.610. The van der Waals surface area contributed by atoms with Crippen molar-refractivity contribution in [2.24, 2.45) is 0 Å². The minimum atomic E-state index is 0.785.